The van der Waals surface area contributed by atoms with Gasteiger partial charge in [0, 0.05) is 13.1 Å². The van der Waals surface area contributed by atoms with Crippen LogP contribution in [0.5, 0.6) is 0 Å². The summed E-state index contributed by atoms with van der Waals surface area (Å²) >= 11 is 0. The van der Waals surface area contributed by atoms with E-state index in [1.807, 2.05) is 30.3 Å². The number of nitrogens with zero attached hydrogens (tertiary/aromatic N) is 1. The van der Waals surface area contributed by atoms with Crippen LogP contribution in [-0.2, 0) is 30.4 Å². The Labute approximate surface area is 200 Å². The van der Waals surface area contributed by atoms with Crippen LogP contribution in [0, 0.1) is 5.92 Å². The van der Waals surface area contributed by atoms with Crippen molar-refractivity contribution in [3.8, 4) is 0 Å². The van der Waals surface area contributed by atoms with E-state index in [1.54, 1.807) is 27.7 Å². The zero-order chi connectivity index (χ0) is 25.1. The molecule has 1 saturated heterocycles. The molecule has 0 bridgehead atoms. The van der Waals surface area contributed by atoms with Gasteiger partial charge in [-0.25, -0.2) is 9.59 Å². The maximum atomic E-state index is 12.9. The number of carbonyl (C=O) groups excluding carboxylic acids is 4. The Balaban J connectivity index is 1.94. The second kappa shape index (κ2) is 12.8. The van der Waals surface area contributed by atoms with E-state index in [2.05, 4.69) is 10.6 Å². The summed E-state index contributed by atoms with van der Waals surface area (Å²) in [6, 6.07) is 9.33. The van der Waals surface area contributed by atoms with Gasteiger partial charge in [-0.3, -0.25) is 9.59 Å². The molecular formula is C24H35N3O7. The molecule has 10 nitrogen and oxygen atoms in total. The molecule has 2 N–H and O–H groups in total. The van der Waals surface area contributed by atoms with Gasteiger partial charge < -0.3 is 29.7 Å². The predicted molar refractivity (Wildman–Crippen MR) is 123 cm³/mol. The number of likely N-dealkylation sites (tertiary alicyclic amines) is 1. The van der Waals surface area contributed by atoms with E-state index < -0.39 is 35.8 Å². The third-order valence-electron chi connectivity index (χ3n) is 4.94. The first-order valence-corrected chi connectivity index (χ1v) is 11.5. The van der Waals surface area contributed by atoms with E-state index in [1.165, 1.54) is 4.90 Å². The number of nitrogens with one attached hydrogen (secondary N) is 2. The van der Waals surface area contributed by atoms with Crippen molar-refractivity contribution in [3.63, 3.8) is 0 Å². The molecule has 34 heavy (non-hydrogen) atoms. The van der Waals surface area contributed by atoms with Gasteiger partial charge in [-0.1, -0.05) is 30.3 Å². The summed E-state index contributed by atoms with van der Waals surface area (Å²) in [6.45, 7) is 7.78. The number of hydrogen-bond donors (Lipinski definition) is 2. The maximum absolute atomic E-state index is 12.9. The third kappa shape index (κ3) is 9.68. The van der Waals surface area contributed by atoms with Gasteiger partial charge >= 0.3 is 18.2 Å². The van der Waals surface area contributed by atoms with Crippen molar-refractivity contribution in [2.24, 2.45) is 5.92 Å². The predicted octanol–water partition coefficient (Wildman–Crippen LogP) is 2.96. The minimum absolute atomic E-state index is 0.147. The van der Waals surface area contributed by atoms with Gasteiger partial charge in [0.1, 0.15) is 18.4 Å². The molecule has 10 heteroatoms. The summed E-state index contributed by atoms with van der Waals surface area (Å²) in [4.78, 5) is 51.1. The van der Waals surface area contributed by atoms with E-state index in [0.717, 1.165) is 5.56 Å². The molecule has 1 aromatic rings. The van der Waals surface area contributed by atoms with Gasteiger partial charge in [-0.2, -0.15) is 0 Å². The first-order valence-electron chi connectivity index (χ1n) is 11.5. The van der Waals surface area contributed by atoms with Crippen molar-refractivity contribution in [1.82, 2.24) is 15.5 Å². The topological polar surface area (TPSA) is 123 Å². The average molecular weight is 478 g/mol. The van der Waals surface area contributed by atoms with Gasteiger partial charge in [-0.05, 0) is 46.1 Å². The Bertz CT molecular complexity index is 839. The minimum Gasteiger partial charge on any atom is -0.466 e. The zero-order valence-electron chi connectivity index (χ0n) is 20.3. The molecule has 0 aromatic heterocycles. The second-order valence-corrected chi connectivity index (χ2v) is 9.04. The van der Waals surface area contributed by atoms with Crippen molar-refractivity contribution < 1.29 is 33.4 Å². The summed E-state index contributed by atoms with van der Waals surface area (Å²) in [6.07, 6.45) is -1.34. The van der Waals surface area contributed by atoms with Gasteiger partial charge in [0.25, 0.3) is 0 Å². The van der Waals surface area contributed by atoms with Crippen LogP contribution in [0.2, 0.25) is 0 Å². The highest BCUT2D eigenvalue weighted by molar-refractivity contribution is 5.82. The van der Waals surface area contributed by atoms with Gasteiger partial charge in [0.15, 0.2) is 0 Å². The molecule has 2 rings (SSSR count). The molecule has 1 fully saturated rings. The quantitative estimate of drug-likeness (QED) is 0.335. The molecule has 0 radical (unpaired) electrons. The number of carbonyl (C=O) groups is 4. The van der Waals surface area contributed by atoms with E-state index in [9.17, 15) is 19.2 Å². The van der Waals surface area contributed by atoms with Crippen LogP contribution in [0.1, 0.15) is 52.5 Å². The Morgan fingerprint density at radius 3 is 2.44 bits per heavy atom. The monoisotopic (exact) mass is 477 g/mol. The summed E-state index contributed by atoms with van der Waals surface area (Å²) in [7, 11) is 0. The van der Waals surface area contributed by atoms with Crippen LogP contribution in [0.4, 0.5) is 9.59 Å². The zero-order valence-corrected chi connectivity index (χ0v) is 20.3. The first-order chi connectivity index (χ1) is 16.1. The Morgan fingerprint density at radius 1 is 1.09 bits per heavy atom. The lowest BCUT2D eigenvalue weighted by molar-refractivity contribution is -0.144. The van der Waals surface area contributed by atoms with Crippen molar-refractivity contribution in [1.29, 1.82) is 0 Å². The van der Waals surface area contributed by atoms with Gasteiger partial charge in [0.2, 0.25) is 5.91 Å². The standard InChI is InChI=1S/C24H35N3O7/c1-5-32-20(28)14-19(26-22(30)34-24(2,3)4)25-21(29)18-12-9-13-27(15-18)23(31)33-16-17-10-7-6-8-11-17/h6-8,10-11,18-19H,5,9,12-16H2,1-4H3,(H,25,29)(H,26,30)/t18-,19+/m1/s1. The van der Waals surface area contributed by atoms with Crippen molar-refractivity contribution in [3.05, 3.63) is 35.9 Å². The smallest absolute Gasteiger partial charge is 0.410 e. The Kier molecular flexibility index (Phi) is 10.2. The number of hydrogen-bond acceptors (Lipinski definition) is 7. The largest absolute Gasteiger partial charge is 0.466 e. The van der Waals surface area contributed by atoms with E-state index in [4.69, 9.17) is 14.2 Å². The van der Waals surface area contributed by atoms with Gasteiger partial charge in [-0.15, -0.1) is 0 Å². The first kappa shape index (κ1) is 26.9. The fraction of sp³-hybridized carbons (Fsp3) is 0.583. The fourth-order valence-electron chi connectivity index (χ4n) is 3.43. The summed E-state index contributed by atoms with van der Waals surface area (Å²) in [5.74, 6) is -1.47. The number of rotatable bonds is 8. The second-order valence-electron chi connectivity index (χ2n) is 9.04. The average Bonchev–Trinajstić information content (AvgIpc) is 2.77. The fourth-order valence-corrected chi connectivity index (χ4v) is 3.43. The number of amides is 3. The molecule has 0 saturated carbocycles. The molecule has 2 atom stereocenters. The lowest BCUT2D eigenvalue weighted by Crippen LogP contribution is -2.54. The summed E-state index contributed by atoms with van der Waals surface area (Å²) < 4.78 is 15.5. The van der Waals surface area contributed by atoms with E-state index in [-0.39, 0.29) is 32.1 Å². The Hall–Kier alpha value is -3.30. The lowest BCUT2D eigenvalue weighted by Gasteiger charge is -2.32. The highest BCUT2D eigenvalue weighted by Gasteiger charge is 2.31. The molecule has 0 aliphatic carbocycles. The highest BCUT2D eigenvalue weighted by atomic mass is 16.6. The highest BCUT2D eigenvalue weighted by Crippen LogP contribution is 2.18. The normalized spacial score (nSPS) is 16.7. The number of esters is 1. The summed E-state index contributed by atoms with van der Waals surface area (Å²) in [5.41, 5.74) is 0.129. The number of ether oxygens (including phenoxy) is 3. The van der Waals surface area contributed by atoms with Crippen LogP contribution < -0.4 is 10.6 Å². The minimum atomic E-state index is -1.01. The SMILES string of the molecule is CCOC(=O)C[C@H](NC(=O)OC(C)(C)C)NC(=O)[C@@H]1CCCN(C(=O)OCc2ccccc2)C1. The van der Waals surface area contributed by atoms with Crippen LogP contribution in [0.15, 0.2) is 30.3 Å². The third-order valence-corrected chi connectivity index (χ3v) is 4.94. The van der Waals surface area contributed by atoms with Crippen LogP contribution in [0.3, 0.4) is 0 Å². The molecule has 1 aliphatic rings. The van der Waals surface area contributed by atoms with Gasteiger partial charge in [0.05, 0.1) is 18.9 Å². The van der Waals surface area contributed by atoms with E-state index in [0.29, 0.717) is 19.4 Å². The van der Waals surface area contributed by atoms with Crippen molar-refractivity contribution in [2.45, 2.75) is 65.3 Å². The number of benzene rings is 1. The number of piperidine rings is 1. The molecule has 1 heterocycles. The lowest BCUT2D eigenvalue weighted by atomic mass is 9.97. The molecule has 3 amide bonds. The molecule has 0 spiro atoms. The van der Waals surface area contributed by atoms with Crippen molar-refractivity contribution >= 4 is 24.1 Å². The van der Waals surface area contributed by atoms with Crippen molar-refractivity contribution in [2.75, 3.05) is 19.7 Å². The van der Waals surface area contributed by atoms with Crippen LogP contribution in [0.25, 0.3) is 0 Å². The molecule has 0 unspecified atom stereocenters. The number of alkyl carbamates (subject to hydrolysis) is 1. The molecular weight excluding hydrogens is 442 g/mol. The van der Waals surface area contributed by atoms with Crippen LogP contribution in [-0.4, -0.2) is 60.4 Å². The van der Waals surface area contributed by atoms with E-state index >= 15 is 0 Å². The molecule has 1 aromatic carbocycles. The summed E-state index contributed by atoms with van der Waals surface area (Å²) in [5, 5.41) is 5.19. The Morgan fingerprint density at radius 2 is 1.79 bits per heavy atom. The molecule has 1 aliphatic heterocycles. The van der Waals surface area contributed by atoms with Crippen LogP contribution >= 0.6 is 0 Å². The maximum Gasteiger partial charge on any atom is 0.410 e. The molecule has 188 valence electrons.